The number of fused-ring (bicyclic) bond motifs is 4. The van der Waals surface area contributed by atoms with E-state index >= 15 is 0 Å². The zero-order valence-corrected chi connectivity index (χ0v) is 21.5. The van der Waals surface area contributed by atoms with Gasteiger partial charge >= 0.3 is 0 Å². The lowest BCUT2D eigenvalue weighted by Gasteiger charge is -2.48. The molecule has 0 aliphatic carbocycles. The quantitative estimate of drug-likeness (QED) is 0.695. The van der Waals surface area contributed by atoms with E-state index in [4.69, 9.17) is 9.47 Å². The number of piperazine rings is 1. The number of methoxy groups -OCH3 is 1. The van der Waals surface area contributed by atoms with E-state index in [2.05, 4.69) is 25.2 Å². The Morgan fingerprint density at radius 3 is 2.60 bits per heavy atom. The highest BCUT2D eigenvalue weighted by atomic mass is 32.2. The van der Waals surface area contributed by atoms with Gasteiger partial charge in [-0.15, -0.1) is 0 Å². The number of carbonyl (C=O) groups excluding carboxylic acids is 1. The SMILES string of the molecule is CCS(=O)(=O)N1CCN(C(=O)c2ccc3c(c2)C(C)(C)[C@@H]2COc4c(OC)cccc4[C@H]2N3)CC1. The molecule has 9 heteroatoms. The standard InChI is InChI=1S/C26H33N3O5S/c1-5-35(31,32)29-13-11-28(12-14-29)25(30)17-9-10-21-19(15-17)26(2,3)20-16-34-24-18(23(20)27-21)7-6-8-22(24)33-4/h6-10,15,20,23,27H,5,11-14,16H2,1-4H3/t20-,23-/m1/s1. The first-order valence-corrected chi connectivity index (χ1v) is 13.8. The number of benzene rings is 2. The number of para-hydroxylation sites is 1. The second-order valence-electron chi connectivity index (χ2n) is 9.99. The van der Waals surface area contributed by atoms with Crippen molar-refractivity contribution in [3.05, 3.63) is 53.1 Å². The second-order valence-corrected chi connectivity index (χ2v) is 12.2. The van der Waals surface area contributed by atoms with E-state index in [-0.39, 0.29) is 29.0 Å². The fraction of sp³-hybridized carbons (Fsp3) is 0.500. The van der Waals surface area contributed by atoms with E-state index in [1.165, 1.54) is 4.31 Å². The average Bonchev–Trinajstić information content (AvgIpc) is 2.87. The molecular formula is C26H33N3O5S. The molecule has 0 unspecified atom stereocenters. The van der Waals surface area contributed by atoms with Crippen molar-refractivity contribution < 1.29 is 22.7 Å². The summed E-state index contributed by atoms with van der Waals surface area (Å²) in [7, 11) is -1.58. The second kappa shape index (κ2) is 8.71. The van der Waals surface area contributed by atoms with Gasteiger partial charge in [0.1, 0.15) is 0 Å². The first kappa shape index (κ1) is 23.9. The fourth-order valence-electron chi connectivity index (χ4n) is 5.62. The number of amides is 1. The highest BCUT2D eigenvalue weighted by Gasteiger charge is 2.47. The minimum Gasteiger partial charge on any atom is -0.493 e. The van der Waals surface area contributed by atoms with Gasteiger partial charge in [0.25, 0.3) is 5.91 Å². The van der Waals surface area contributed by atoms with Gasteiger partial charge in [-0.25, -0.2) is 8.42 Å². The van der Waals surface area contributed by atoms with Crippen LogP contribution in [0.3, 0.4) is 0 Å². The molecule has 2 aromatic rings. The summed E-state index contributed by atoms with van der Waals surface area (Å²) in [6.45, 7) is 8.08. The van der Waals surface area contributed by atoms with Crippen molar-refractivity contribution in [2.24, 2.45) is 5.92 Å². The zero-order valence-electron chi connectivity index (χ0n) is 20.7. The summed E-state index contributed by atoms with van der Waals surface area (Å²) in [6, 6.07) is 11.9. The van der Waals surface area contributed by atoms with Crippen molar-refractivity contribution in [2.45, 2.75) is 32.2 Å². The van der Waals surface area contributed by atoms with Gasteiger partial charge < -0.3 is 19.7 Å². The molecule has 0 aromatic heterocycles. The van der Waals surface area contributed by atoms with E-state index in [0.717, 1.165) is 28.3 Å². The number of rotatable bonds is 4. The lowest BCUT2D eigenvalue weighted by Crippen LogP contribution is -2.51. The van der Waals surface area contributed by atoms with Crippen molar-refractivity contribution >= 4 is 21.6 Å². The molecule has 1 fully saturated rings. The molecule has 1 saturated heterocycles. The number of sulfonamides is 1. The molecule has 0 spiro atoms. The highest BCUT2D eigenvalue weighted by molar-refractivity contribution is 7.89. The Balaban J connectivity index is 1.40. The Labute approximate surface area is 207 Å². The molecule has 2 aromatic carbocycles. The van der Waals surface area contributed by atoms with Gasteiger partial charge in [-0.2, -0.15) is 4.31 Å². The van der Waals surface area contributed by atoms with Crippen LogP contribution in [0.1, 0.15) is 48.3 Å². The first-order chi connectivity index (χ1) is 16.7. The Kier molecular flexibility index (Phi) is 5.96. The summed E-state index contributed by atoms with van der Waals surface area (Å²) in [5.74, 6) is 1.71. The molecule has 0 radical (unpaired) electrons. The Bertz CT molecular complexity index is 1250. The number of ether oxygens (including phenoxy) is 2. The maximum Gasteiger partial charge on any atom is 0.253 e. The topological polar surface area (TPSA) is 88.2 Å². The van der Waals surface area contributed by atoms with Crippen molar-refractivity contribution in [3.63, 3.8) is 0 Å². The Morgan fingerprint density at radius 2 is 1.91 bits per heavy atom. The lowest BCUT2D eigenvalue weighted by molar-refractivity contribution is 0.0697. The van der Waals surface area contributed by atoms with Gasteiger partial charge in [-0.05, 0) is 36.8 Å². The molecule has 5 rings (SSSR count). The first-order valence-electron chi connectivity index (χ1n) is 12.1. The van der Waals surface area contributed by atoms with Gasteiger partial charge in [-0.3, -0.25) is 4.79 Å². The molecule has 188 valence electrons. The number of hydrogen-bond acceptors (Lipinski definition) is 6. The maximum absolute atomic E-state index is 13.3. The third-order valence-corrected chi connectivity index (χ3v) is 9.74. The van der Waals surface area contributed by atoms with E-state index in [0.29, 0.717) is 38.3 Å². The molecule has 35 heavy (non-hydrogen) atoms. The summed E-state index contributed by atoms with van der Waals surface area (Å²) in [6.07, 6.45) is 0. The average molecular weight is 500 g/mol. The molecule has 0 bridgehead atoms. The Morgan fingerprint density at radius 1 is 1.17 bits per heavy atom. The molecule has 8 nitrogen and oxygen atoms in total. The van der Waals surface area contributed by atoms with Crippen LogP contribution in [0.25, 0.3) is 0 Å². The third-order valence-electron chi connectivity index (χ3n) is 7.86. The molecule has 1 N–H and O–H groups in total. The van der Waals surface area contributed by atoms with Crippen LogP contribution in [0.2, 0.25) is 0 Å². The molecule has 2 atom stereocenters. The van der Waals surface area contributed by atoms with Gasteiger partial charge in [-0.1, -0.05) is 26.0 Å². The van der Waals surface area contributed by atoms with Gasteiger partial charge in [0.05, 0.1) is 25.5 Å². The number of hydrogen-bond donors (Lipinski definition) is 1. The van der Waals surface area contributed by atoms with Crippen LogP contribution in [0.4, 0.5) is 5.69 Å². The van der Waals surface area contributed by atoms with E-state index < -0.39 is 10.0 Å². The summed E-state index contributed by atoms with van der Waals surface area (Å²) < 4.78 is 37.5. The normalized spacial score (nSPS) is 23.3. The highest BCUT2D eigenvalue weighted by Crippen LogP contribution is 2.53. The Hall–Kier alpha value is -2.78. The number of nitrogens with zero attached hydrogens (tertiary/aromatic N) is 2. The van der Waals surface area contributed by atoms with Crippen LogP contribution >= 0.6 is 0 Å². The smallest absolute Gasteiger partial charge is 0.253 e. The predicted octanol–water partition coefficient (Wildman–Crippen LogP) is 3.26. The number of nitrogens with one attached hydrogen (secondary N) is 1. The maximum atomic E-state index is 13.3. The van der Waals surface area contributed by atoms with Crippen molar-refractivity contribution in [1.82, 2.24) is 9.21 Å². The van der Waals surface area contributed by atoms with Gasteiger partial charge in [0.15, 0.2) is 11.5 Å². The van der Waals surface area contributed by atoms with Crippen LogP contribution in [0.5, 0.6) is 11.5 Å². The largest absolute Gasteiger partial charge is 0.493 e. The van der Waals surface area contributed by atoms with Crippen molar-refractivity contribution in [2.75, 3.05) is 51.0 Å². The molecular weight excluding hydrogens is 466 g/mol. The summed E-state index contributed by atoms with van der Waals surface area (Å²) in [4.78, 5) is 15.1. The van der Waals surface area contributed by atoms with Crippen molar-refractivity contribution in [1.29, 1.82) is 0 Å². The monoisotopic (exact) mass is 499 g/mol. The van der Waals surface area contributed by atoms with E-state index in [9.17, 15) is 13.2 Å². The van der Waals surface area contributed by atoms with E-state index in [1.54, 1.807) is 18.9 Å². The summed E-state index contributed by atoms with van der Waals surface area (Å²) in [5, 5.41) is 3.70. The van der Waals surface area contributed by atoms with Gasteiger partial charge in [0, 0.05) is 54.3 Å². The summed E-state index contributed by atoms with van der Waals surface area (Å²) in [5.41, 5.74) is 3.58. The molecule has 1 amide bonds. The number of carbonyl (C=O) groups is 1. The zero-order chi connectivity index (χ0) is 25.0. The molecule has 3 aliphatic heterocycles. The van der Waals surface area contributed by atoms with Crippen LogP contribution < -0.4 is 14.8 Å². The minimum absolute atomic E-state index is 0.0609. The minimum atomic E-state index is -3.23. The fourth-order valence-corrected chi connectivity index (χ4v) is 6.71. The van der Waals surface area contributed by atoms with Crippen LogP contribution in [0.15, 0.2) is 36.4 Å². The van der Waals surface area contributed by atoms with Gasteiger partial charge in [0.2, 0.25) is 10.0 Å². The lowest BCUT2D eigenvalue weighted by atomic mass is 9.65. The molecule has 3 aliphatic rings. The summed E-state index contributed by atoms with van der Waals surface area (Å²) >= 11 is 0. The van der Waals surface area contributed by atoms with Crippen LogP contribution in [0, 0.1) is 5.92 Å². The third kappa shape index (κ3) is 3.94. The molecule has 3 heterocycles. The number of anilines is 1. The van der Waals surface area contributed by atoms with Crippen LogP contribution in [-0.2, 0) is 15.4 Å². The predicted molar refractivity (Wildman–Crippen MR) is 135 cm³/mol. The van der Waals surface area contributed by atoms with E-state index in [1.807, 2.05) is 30.3 Å². The van der Waals surface area contributed by atoms with Crippen LogP contribution in [-0.4, -0.2) is 69.2 Å². The van der Waals surface area contributed by atoms with Crippen molar-refractivity contribution in [3.8, 4) is 11.5 Å². The molecule has 0 saturated carbocycles.